The zero-order valence-corrected chi connectivity index (χ0v) is 24.1. The zero-order chi connectivity index (χ0) is 28.4. The number of carbonyl (C=O) groups is 1. The number of aromatic nitrogens is 3. The molecular weight excluding hydrogens is 557 g/mol. The van der Waals surface area contributed by atoms with Gasteiger partial charge in [-0.3, -0.25) is 4.79 Å². The van der Waals surface area contributed by atoms with Gasteiger partial charge in [0.05, 0.1) is 55.3 Å². The Labute approximate surface area is 242 Å². The van der Waals surface area contributed by atoms with Crippen LogP contribution in [0.15, 0.2) is 31.0 Å². The highest BCUT2D eigenvalue weighted by Crippen LogP contribution is 2.46. The standard InChI is InChI=1S/C28H31Cl2N5O5/c1-5-17(36)8-16-13-40-14-20(16)33-28-31-11-15-9-19(23-24(29)21(38-3)10-22(39-4)25(23)30)32-27(26(15)34-28)35-7-6-18(12-35)37-2/h5,9-11,16,18,20H,1,6-8,12-14H2,2-4H3,(H,31,33,34)/t16-,18?,20+/m0/s1. The van der Waals surface area contributed by atoms with Crippen LogP contribution < -0.4 is 19.7 Å². The van der Waals surface area contributed by atoms with Gasteiger partial charge in [0.15, 0.2) is 11.6 Å². The van der Waals surface area contributed by atoms with Crippen LogP contribution in [0.5, 0.6) is 11.5 Å². The lowest BCUT2D eigenvalue weighted by atomic mass is 9.97. The molecule has 0 bridgehead atoms. The van der Waals surface area contributed by atoms with Gasteiger partial charge < -0.3 is 29.2 Å². The Morgan fingerprint density at radius 3 is 2.58 bits per heavy atom. The molecule has 4 heterocycles. The minimum atomic E-state index is -0.108. The largest absolute Gasteiger partial charge is 0.495 e. The molecule has 2 saturated heterocycles. The number of rotatable bonds is 10. The lowest BCUT2D eigenvalue weighted by Crippen LogP contribution is -2.30. The molecule has 1 unspecified atom stereocenters. The lowest BCUT2D eigenvalue weighted by molar-refractivity contribution is -0.115. The second-order valence-electron chi connectivity index (χ2n) is 9.76. The molecular formula is C28H31Cl2N5O5. The van der Waals surface area contributed by atoms with E-state index < -0.39 is 0 Å². The van der Waals surface area contributed by atoms with Gasteiger partial charge in [-0.1, -0.05) is 29.8 Å². The summed E-state index contributed by atoms with van der Waals surface area (Å²) >= 11 is 13.5. The number of hydrogen-bond donors (Lipinski definition) is 1. The Morgan fingerprint density at radius 2 is 1.93 bits per heavy atom. The van der Waals surface area contributed by atoms with E-state index in [1.54, 1.807) is 19.4 Å². The number of carbonyl (C=O) groups excluding carboxylic acids is 1. The summed E-state index contributed by atoms with van der Waals surface area (Å²) in [7, 11) is 4.77. The molecule has 0 saturated carbocycles. The summed E-state index contributed by atoms with van der Waals surface area (Å²) in [5.74, 6) is 1.90. The minimum absolute atomic E-state index is 0.00173. The van der Waals surface area contributed by atoms with Crippen LogP contribution >= 0.6 is 23.2 Å². The van der Waals surface area contributed by atoms with Gasteiger partial charge >= 0.3 is 0 Å². The van der Waals surface area contributed by atoms with Crippen molar-refractivity contribution in [2.45, 2.75) is 25.0 Å². The number of anilines is 2. The van der Waals surface area contributed by atoms with E-state index in [0.717, 1.165) is 18.4 Å². The maximum atomic E-state index is 12.0. The first-order chi connectivity index (χ1) is 19.4. The van der Waals surface area contributed by atoms with Crippen molar-refractivity contribution in [2.24, 2.45) is 5.92 Å². The van der Waals surface area contributed by atoms with E-state index in [2.05, 4.69) is 21.8 Å². The molecule has 2 aromatic heterocycles. The van der Waals surface area contributed by atoms with Crippen molar-refractivity contribution in [2.75, 3.05) is 57.8 Å². The van der Waals surface area contributed by atoms with Crippen LogP contribution in [0.1, 0.15) is 12.8 Å². The van der Waals surface area contributed by atoms with Crippen molar-refractivity contribution in [3.05, 3.63) is 41.0 Å². The number of nitrogens with one attached hydrogen (secondary N) is 1. The van der Waals surface area contributed by atoms with Gasteiger partial charge in [-0.15, -0.1) is 0 Å². The normalized spacial score (nSPS) is 20.6. The van der Waals surface area contributed by atoms with Gasteiger partial charge in [0.1, 0.15) is 17.0 Å². The predicted molar refractivity (Wildman–Crippen MR) is 155 cm³/mol. The fourth-order valence-electron chi connectivity index (χ4n) is 5.13. The Kier molecular flexibility index (Phi) is 8.60. The van der Waals surface area contributed by atoms with Crippen LogP contribution in [0.25, 0.3) is 22.2 Å². The van der Waals surface area contributed by atoms with Gasteiger partial charge in [-0.2, -0.15) is 0 Å². The third-order valence-corrected chi connectivity index (χ3v) is 8.11. The van der Waals surface area contributed by atoms with Crippen molar-refractivity contribution >= 4 is 51.7 Å². The molecule has 10 nitrogen and oxygen atoms in total. The smallest absolute Gasteiger partial charge is 0.223 e. The fourth-order valence-corrected chi connectivity index (χ4v) is 5.83. The third kappa shape index (κ3) is 5.54. The monoisotopic (exact) mass is 587 g/mol. The summed E-state index contributed by atoms with van der Waals surface area (Å²) in [4.78, 5) is 28.6. The maximum Gasteiger partial charge on any atom is 0.223 e. The lowest BCUT2D eigenvalue weighted by Gasteiger charge is -2.22. The molecule has 2 fully saturated rings. The van der Waals surface area contributed by atoms with Crippen LogP contribution in [0.4, 0.5) is 11.8 Å². The predicted octanol–water partition coefficient (Wildman–Crippen LogP) is 4.81. The van der Waals surface area contributed by atoms with E-state index in [0.29, 0.717) is 76.3 Å². The third-order valence-electron chi connectivity index (χ3n) is 7.36. The molecule has 3 atom stereocenters. The number of ketones is 1. The molecule has 1 aromatic carbocycles. The summed E-state index contributed by atoms with van der Waals surface area (Å²) in [6.45, 7) is 5.91. The second-order valence-corrected chi connectivity index (χ2v) is 10.5. The Bertz CT molecular complexity index is 1410. The second kappa shape index (κ2) is 12.1. The van der Waals surface area contributed by atoms with Crippen LogP contribution in [0.2, 0.25) is 10.0 Å². The molecule has 2 aliphatic rings. The highest BCUT2D eigenvalue weighted by molar-refractivity contribution is 6.41. The molecule has 2 aliphatic heterocycles. The average Bonchev–Trinajstić information content (AvgIpc) is 3.62. The van der Waals surface area contributed by atoms with Gasteiger partial charge in [0, 0.05) is 55.8 Å². The Balaban J connectivity index is 1.59. The van der Waals surface area contributed by atoms with Crippen molar-refractivity contribution in [1.29, 1.82) is 0 Å². The van der Waals surface area contributed by atoms with Crippen molar-refractivity contribution in [1.82, 2.24) is 15.0 Å². The Morgan fingerprint density at radius 1 is 1.18 bits per heavy atom. The number of nitrogens with zero attached hydrogens (tertiary/aromatic N) is 4. The molecule has 5 rings (SSSR count). The van der Waals surface area contributed by atoms with E-state index in [1.807, 2.05) is 6.07 Å². The number of benzene rings is 1. The fraction of sp³-hybridized carbons (Fsp3) is 0.429. The molecule has 40 heavy (non-hydrogen) atoms. The first-order valence-corrected chi connectivity index (χ1v) is 13.7. The van der Waals surface area contributed by atoms with Gasteiger partial charge in [0.2, 0.25) is 5.95 Å². The minimum Gasteiger partial charge on any atom is -0.495 e. The van der Waals surface area contributed by atoms with Gasteiger partial charge in [-0.25, -0.2) is 15.0 Å². The van der Waals surface area contributed by atoms with Crippen molar-refractivity contribution in [3.8, 4) is 22.8 Å². The highest BCUT2D eigenvalue weighted by atomic mass is 35.5. The van der Waals surface area contributed by atoms with Crippen LogP contribution in [0, 0.1) is 5.92 Å². The van der Waals surface area contributed by atoms with Crippen LogP contribution in [0.3, 0.4) is 0 Å². The SMILES string of the molecule is C=CC(=O)C[C@H]1COC[C@H]1Nc1ncc2cc(-c3c(Cl)c(OC)cc(OC)c3Cl)nc(N3CCC(OC)C3)c2n1. The number of fused-ring (bicyclic) bond motifs is 1. The summed E-state index contributed by atoms with van der Waals surface area (Å²) in [6, 6.07) is 3.38. The summed E-state index contributed by atoms with van der Waals surface area (Å²) < 4.78 is 22.2. The zero-order valence-electron chi connectivity index (χ0n) is 22.6. The molecule has 0 radical (unpaired) electrons. The summed E-state index contributed by atoms with van der Waals surface area (Å²) in [5, 5.41) is 4.76. The van der Waals surface area contributed by atoms with Gasteiger partial charge in [-0.05, 0) is 18.6 Å². The first kappa shape index (κ1) is 28.4. The van der Waals surface area contributed by atoms with E-state index in [1.165, 1.54) is 20.3 Å². The van der Waals surface area contributed by atoms with Crippen LogP contribution in [-0.2, 0) is 14.3 Å². The van der Waals surface area contributed by atoms with E-state index in [9.17, 15) is 4.79 Å². The molecule has 0 spiro atoms. The number of hydrogen-bond acceptors (Lipinski definition) is 10. The molecule has 1 N–H and O–H groups in total. The summed E-state index contributed by atoms with van der Waals surface area (Å²) in [6.07, 6.45) is 4.36. The number of allylic oxidation sites excluding steroid dienone is 1. The Hall–Kier alpha value is -3.18. The maximum absolute atomic E-state index is 12.0. The number of methoxy groups -OCH3 is 3. The first-order valence-electron chi connectivity index (χ1n) is 12.9. The number of halogens is 2. The summed E-state index contributed by atoms with van der Waals surface area (Å²) in [5.41, 5.74) is 1.69. The highest BCUT2D eigenvalue weighted by Gasteiger charge is 2.31. The average molecular weight is 588 g/mol. The van der Waals surface area contributed by atoms with Crippen molar-refractivity contribution < 1.29 is 23.7 Å². The molecule has 0 aliphatic carbocycles. The molecule has 12 heteroatoms. The van der Waals surface area contributed by atoms with Crippen LogP contribution in [-0.4, -0.2) is 80.5 Å². The van der Waals surface area contributed by atoms with Crippen molar-refractivity contribution in [3.63, 3.8) is 0 Å². The van der Waals surface area contributed by atoms with E-state index in [4.69, 9.17) is 52.1 Å². The quantitative estimate of drug-likeness (QED) is 0.332. The number of ether oxygens (including phenoxy) is 4. The van der Waals surface area contributed by atoms with E-state index >= 15 is 0 Å². The van der Waals surface area contributed by atoms with Gasteiger partial charge in [0.25, 0.3) is 0 Å². The molecule has 212 valence electrons. The topological polar surface area (TPSA) is 108 Å². The molecule has 0 amide bonds. The molecule has 3 aromatic rings. The number of pyridine rings is 1. The van der Waals surface area contributed by atoms with E-state index in [-0.39, 0.29) is 23.8 Å².